The number of nitrogens with zero attached hydrogens (tertiary/aromatic N) is 3. The summed E-state index contributed by atoms with van der Waals surface area (Å²) in [7, 11) is -0.359. The average molecular weight is 485 g/mol. The lowest BCUT2D eigenvalue weighted by Crippen LogP contribution is -2.41. The van der Waals surface area contributed by atoms with Crippen LogP contribution in [-0.4, -0.2) is 33.3 Å². The summed E-state index contributed by atoms with van der Waals surface area (Å²) >= 11 is 0. The van der Waals surface area contributed by atoms with Crippen LogP contribution in [0.15, 0.2) is 97.3 Å². The molecule has 0 aliphatic carbocycles. The zero-order valence-electron chi connectivity index (χ0n) is 21.5. The molecule has 1 saturated heterocycles. The molecule has 4 aromatic carbocycles. The van der Waals surface area contributed by atoms with E-state index in [2.05, 4.69) is 117 Å². The molecule has 1 fully saturated rings. The van der Waals surface area contributed by atoms with Gasteiger partial charge >= 0.3 is 7.12 Å². The maximum Gasteiger partial charge on any atom is 0.494 e. The van der Waals surface area contributed by atoms with Crippen molar-refractivity contribution >= 4 is 23.4 Å². The molecule has 0 atom stereocenters. The standard InChI is InChI=1S/C31H28BN3O2/c1-30(2)31(3,4)37-32(36-30)27-17-15-23(16-18-27)22-9-12-24(13-10-22)28-33-20-34-29(35-28)26-14-11-21-7-5-6-8-25(21)19-26/h5-20H,1-4H3. The van der Waals surface area contributed by atoms with E-state index in [-0.39, 0.29) is 18.3 Å². The van der Waals surface area contributed by atoms with E-state index in [1.54, 1.807) is 6.33 Å². The van der Waals surface area contributed by atoms with E-state index in [4.69, 9.17) is 14.3 Å². The molecule has 1 aromatic heterocycles. The van der Waals surface area contributed by atoms with Gasteiger partial charge in [-0.2, -0.15) is 0 Å². The Morgan fingerprint density at radius 2 is 1.08 bits per heavy atom. The van der Waals surface area contributed by atoms with Crippen LogP contribution in [-0.2, 0) is 9.31 Å². The quantitative estimate of drug-likeness (QED) is 0.279. The van der Waals surface area contributed by atoms with E-state index in [1.165, 1.54) is 5.39 Å². The van der Waals surface area contributed by atoms with Crippen molar-refractivity contribution in [2.24, 2.45) is 0 Å². The van der Waals surface area contributed by atoms with Crippen LogP contribution in [0, 0.1) is 0 Å². The second kappa shape index (κ2) is 8.91. The smallest absolute Gasteiger partial charge is 0.399 e. The number of hydrogen-bond acceptors (Lipinski definition) is 5. The highest BCUT2D eigenvalue weighted by atomic mass is 16.7. The lowest BCUT2D eigenvalue weighted by Gasteiger charge is -2.32. The average Bonchev–Trinajstić information content (AvgIpc) is 3.15. The van der Waals surface area contributed by atoms with E-state index in [9.17, 15) is 0 Å². The second-order valence-corrected chi connectivity index (χ2v) is 10.5. The zero-order chi connectivity index (χ0) is 25.6. The first-order chi connectivity index (χ1) is 17.8. The molecule has 0 N–H and O–H groups in total. The Morgan fingerprint density at radius 1 is 0.568 bits per heavy atom. The topological polar surface area (TPSA) is 57.1 Å². The monoisotopic (exact) mass is 485 g/mol. The fourth-order valence-electron chi connectivity index (χ4n) is 4.53. The number of benzene rings is 4. The second-order valence-electron chi connectivity index (χ2n) is 10.5. The Balaban J connectivity index is 1.22. The lowest BCUT2D eigenvalue weighted by atomic mass is 9.78. The first-order valence-corrected chi connectivity index (χ1v) is 12.5. The summed E-state index contributed by atoms with van der Waals surface area (Å²) in [4.78, 5) is 13.6. The highest BCUT2D eigenvalue weighted by molar-refractivity contribution is 6.62. The fraction of sp³-hybridized carbons (Fsp3) is 0.194. The van der Waals surface area contributed by atoms with Crippen molar-refractivity contribution in [2.45, 2.75) is 38.9 Å². The van der Waals surface area contributed by atoms with Crippen molar-refractivity contribution < 1.29 is 9.31 Å². The van der Waals surface area contributed by atoms with Gasteiger partial charge in [0.2, 0.25) is 0 Å². The summed E-state index contributed by atoms with van der Waals surface area (Å²) in [5.74, 6) is 1.32. The van der Waals surface area contributed by atoms with Crippen LogP contribution in [0.2, 0.25) is 0 Å². The molecule has 5 aromatic rings. The first kappa shape index (κ1) is 23.5. The van der Waals surface area contributed by atoms with Crippen LogP contribution in [0.3, 0.4) is 0 Å². The Bertz CT molecular complexity index is 1570. The zero-order valence-corrected chi connectivity index (χ0v) is 21.5. The van der Waals surface area contributed by atoms with Gasteiger partial charge in [-0.1, -0.05) is 84.9 Å². The predicted molar refractivity (Wildman–Crippen MR) is 149 cm³/mol. The maximum absolute atomic E-state index is 6.18. The summed E-state index contributed by atoms with van der Waals surface area (Å²) in [6.45, 7) is 8.28. The fourth-order valence-corrected chi connectivity index (χ4v) is 4.53. The third-order valence-corrected chi connectivity index (χ3v) is 7.49. The molecular weight excluding hydrogens is 457 g/mol. The first-order valence-electron chi connectivity index (χ1n) is 12.5. The van der Waals surface area contributed by atoms with Crippen LogP contribution in [0.1, 0.15) is 27.7 Å². The summed E-state index contributed by atoms with van der Waals surface area (Å²) in [5.41, 5.74) is 4.48. The van der Waals surface area contributed by atoms with Gasteiger partial charge in [0, 0.05) is 11.1 Å². The number of aromatic nitrogens is 3. The molecule has 6 heteroatoms. The third kappa shape index (κ3) is 4.43. The van der Waals surface area contributed by atoms with E-state index >= 15 is 0 Å². The van der Waals surface area contributed by atoms with Gasteiger partial charge in [0.15, 0.2) is 11.6 Å². The minimum Gasteiger partial charge on any atom is -0.399 e. The van der Waals surface area contributed by atoms with Gasteiger partial charge in [0.05, 0.1) is 11.2 Å². The molecule has 0 radical (unpaired) electrons. The number of rotatable bonds is 4. The molecule has 0 amide bonds. The summed E-state index contributed by atoms with van der Waals surface area (Å²) in [6, 6.07) is 31.2. The molecule has 0 spiro atoms. The van der Waals surface area contributed by atoms with E-state index in [1.807, 2.05) is 12.1 Å². The minimum absolute atomic E-state index is 0.352. The molecular formula is C31H28BN3O2. The van der Waals surface area contributed by atoms with Crippen molar-refractivity contribution in [1.29, 1.82) is 0 Å². The largest absolute Gasteiger partial charge is 0.494 e. The molecule has 0 bridgehead atoms. The van der Waals surface area contributed by atoms with Gasteiger partial charge in [-0.15, -0.1) is 0 Å². The summed E-state index contributed by atoms with van der Waals surface area (Å²) < 4.78 is 12.4. The van der Waals surface area contributed by atoms with Gasteiger partial charge < -0.3 is 9.31 Å². The highest BCUT2D eigenvalue weighted by Crippen LogP contribution is 2.36. The highest BCUT2D eigenvalue weighted by Gasteiger charge is 2.51. The summed E-state index contributed by atoms with van der Waals surface area (Å²) in [5, 5.41) is 2.36. The van der Waals surface area contributed by atoms with Crippen LogP contribution < -0.4 is 5.46 Å². The Labute approximate surface area is 217 Å². The van der Waals surface area contributed by atoms with Gasteiger partial charge in [0.1, 0.15) is 6.33 Å². The van der Waals surface area contributed by atoms with Crippen LogP contribution in [0.4, 0.5) is 0 Å². The van der Waals surface area contributed by atoms with Crippen molar-refractivity contribution in [3.63, 3.8) is 0 Å². The van der Waals surface area contributed by atoms with E-state index < -0.39 is 0 Å². The van der Waals surface area contributed by atoms with E-state index in [0.29, 0.717) is 11.6 Å². The van der Waals surface area contributed by atoms with Crippen LogP contribution >= 0.6 is 0 Å². The number of hydrogen-bond donors (Lipinski definition) is 0. The molecule has 6 rings (SSSR count). The molecule has 2 heterocycles. The molecule has 1 aliphatic rings. The minimum atomic E-state index is -0.359. The van der Waals surface area contributed by atoms with Crippen molar-refractivity contribution in [1.82, 2.24) is 15.0 Å². The Kier molecular flexibility index (Phi) is 5.66. The van der Waals surface area contributed by atoms with Gasteiger partial charge in [0.25, 0.3) is 0 Å². The van der Waals surface area contributed by atoms with Crippen LogP contribution in [0.25, 0.3) is 44.7 Å². The third-order valence-electron chi connectivity index (χ3n) is 7.49. The summed E-state index contributed by atoms with van der Waals surface area (Å²) in [6.07, 6.45) is 1.58. The maximum atomic E-state index is 6.18. The number of fused-ring (bicyclic) bond motifs is 1. The molecule has 0 unspecified atom stereocenters. The van der Waals surface area contributed by atoms with Gasteiger partial charge in [-0.25, -0.2) is 15.0 Å². The SMILES string of the molecule is CC1(C)OB(c2ccc(-c3ccc(-c4ncnc(-c5ccc6ccccc6c5)n4)cc3)cc2)OC1(C)C. The molecule has 182 valence electrons. The van der Waals surface area contributed by atoms with Crippen LogP contribution in [0.5, 0.6) is 0 Å². The van der Waals surface area contributed by atoms with Crippen molar-refractivity contribution in [3.8, 4) is 33.9 Å². The van der Waals surface area contributed by atoms with Crippen molar-refractivity contribution in [2.75, 3.05) is 0 Å². The molecule has 0 saturated carbocycles. The van der Waals surface area contributed by atoms with E-state index in [0.717, 1.165) is 33.1 Å². The normalized spacial score (nSPS) is 16.3. The Morgan fingerprint density at radius 3 is 1.73 bits per heavy atom. The lowest BCUT2D eigenvalue weighted by molar-refractivity contribution is 0.00578. The molecule has 37 heavy (non-hydrogen) atoms. The molecule has 5 nitrogen and oxygen atoms in total. The van der Waals surface area contributed by atoms with Crippen molar-refractivity contribution in [3.05, 3.63) is 97.3 Å². The van der Waals surface area contributed by atoms with Gasteiger partial charge in [-0.3, -0.25) is 0 Å². The molecule has 1 aliphatic heterocycles. The Hall–Kier alpha value is -3.87. The predicted octanol–water partition coefficient (Wildman–Crippen LogP) is 6.33. The van der Waals surface area contributed by atoms with Gasteiger partial charge in [-0.05, 0) is 61.1 Å².